The molecule has 0 spiro atoms. The van der Waals surface area contributed by atoms with Crippen molar-refractivity contribution in [2.75, 3.05) is 38.2 Å². The van der Waals surface area contributed by atoms with Gasteiger partial charge >= 0.3 is 0 Å². The molecule has 2 amide bonds. The van der Waals surface area contributed by atoms with E-state index in [1.807, 2.05) is 53.4 Å². The summed E-state index contributed by atoms with van der Waals surface area (Å²) in [6.45, 7) is 2.83. The van der Waals surface area contributed by atoms with Gasteiger partial charge in [-0.2, -0.15) is 0 Å². The van der Waals surface area contributed by atoms with E-state index < -0.39 is 0 Å². The Morgan fingerprint density at radius 2 is 1.89 bits per heavy atom. The van der Waals surface area contributed by atoms with E-state index >= 15 is 0 Å². The Hall–Kier alpha value is -2.86. The largest absolute Gasteiger partial charge is 0.496 e. The third-order valence-corrected chi connectivity index (χ3v) is 5.50. The van der Waals surface area contributed by atoms with Gasteiger partial charge in [-0.25, -0.2) is 0 Å². The fourth-order valence-corrected chi connectivity index (χ4v) is 4.04. The maximum Gasteiger partial charge on any atom is 0.254 e. The second-order valence-electron chi connectivity index (χ2n) is 7.16. The van der Waals surface area contributed by atoms with Crippen molar-refractivity contribution in [1.82, 2.24) is 10.2 Å². The molecular weight excluding hydrogens is 354 g/mol. The number of nitrogens with one attached hydrogen (secondary N) is 1. The summed E-state index contributed by atoms with van der Waals surface area (Å²) in [6.07, 6.45) is 1.49. The Kier molecular flexibility index (Phi) is 5.30. The van der Waals surface area contributed by atoms with E-state index in [-0.39, 0.29) is 17.9 Å². The van der Waals surface area contributed by atoms with E-state index in [4.69, 9.17) is 4.74 Å². The van der Waals surface area contributed by atoms with Crippen molar-refractivity contribution in [2.24, 2.45) is 0 Å². The van der Waals surface area contributed by atoms with Gasteiger partial charge in [0.05, 0.1) is 13.2 Å². The number of rotatable bonds is 4. The fraction of sp³-hybridized carbons (Fsp3) is 0.364. The minimum absolute atomic E-state index is 0.00305. The van der Waals surface area contributed by atoms with Gasteiger partial charge in [-0.05, 0) is 36.8 Å². The lowest BCUT2D eigenvalue weighted by Crippen LogP contribution is -2.48. The summed E-state index contributed by atoms with van der Waals surface area (Å²) in [5.41, 5.74) is 2.50. The molecule has 0 aromatic heterocycles. The van der Waals surface area contributed by atoms with Crippen molar-refractivity contribution >= 4 is 17.5 Å². The Morgan fingerprint density at radius 3 is 2.61 bits per heavy atom. The van der Waals surface area contributed by atoms with Crippen LogP contribution in [0.2, 0.25) is 0 Å². The van der Waals surface area contributed by atoms with Crippen LogP contribution in [0.4, 0.5) is 5.69 Å². The lowest BCUT2D eigenvalue weighted by Gasteiger charge is -2.37. The van der Waals surface area contributed by atoms with E-state index in [1.165, 1.54) is 0 Å². The Labute approximate surface area is 165 Å². The number of hydrogen-bond acceptors (Lipinski definition) is 4. The number of piperazine rings is 1. The predicted molar refractivity (Wildman–Crippen MR) is 108 cm³/mol. The minimum Gasteiger partial charge on any atom is -0.496 e. The van der Waals surface area contributed by atoms with Gasteiger partial charge in [0.25, 0.3) is 5.91 Å². The first-order chi connectivity index (χ1) is 13.7. The van der Waals surface area contributed by atoms with E-state index in [2.05, 4.69) is 5.32 Å². The molecular formula is C22H25N3O3. The van der Waals surface area contributed by atoms with Crippen LogP contribution in [0.5, 0.6) is 5.75 Å². The Morgan fingerprint density at radius 1 is 1.11 bits per heavy atom. The molecule has 2 aromatic rings. The maximum atomic E-state index is 13.3. The van der Waals surface area contributed by atoms with Gasteiger partial charge in [0.1, 0.15) is 5.75 Å². The van der Waals surface area contributed by atoms with Crippen LogP contribution in [-0.2, 0) is 4.79 Å². The normalized spacial score (nSPS) is 19.8. The van der Waals surface area contributed by atoms with Gasteiger partial charge in [0.15, 0.2) is 0 Å². The molecule has 2 saturated heterocycles. The molecule has 2 aliphatic heterocycles. The molecule has 6 nitrogen and oxygen atoms in total. The average molecular weight is 379 g/mol. The number of methoxy groups -OCH3 is 1. The molecule has 1 unspecified atom stereocenters. The molecule has 1 N–H and O–H groups in total. The predicted octanol–water partition coefficient (Wildman–Crippen LogP) is 2.61. The zero-order valence-corrected chi connectivity index (χ0v) is 16.1. The Bertz CT molecular complexity index is 866. The first-order valence-corrected chi connectivity index (χ1v) is 9.74. The molecule has 2 heterocycles. The molecule has 4 rings (SSSR count). The molecule has 0 bridgehead atoms. The number of nitrogens with zero attached hydrogens (tertiary/aromatic N) is 2. The number of carbonyl (C=O) groups excluding carboxylic acids is 2. The highest BCUT2D eigenvalue weighted by Crippen LogP contribution is 2.31. The van der Waals surface area contributed by atoms with Crippen molar-refractivity contribution in [3.63, 3.8) is 0 Å². The minimum atomic E-state index is -0.0859. The van der Waals surface area contributed by atoms with E-state index in [0.29, 0.717) is 25.1 Å². The molecule has 2 aromatic carbocycles. The molecule has 28 heavy (non-hydrogen) atoms. The molecule has 2 fully saturated rings. The number of amides is 2. The van der Waals surface area contributed by atoms with Crippen LogP contribution in [0.15, 0.2) is 48.5 Å². The average Bonchev–Trinajstić information content (AvgIpc) is 3.19. The SMILES string of the molecule is COc1ccccc1C1CNCCN1C(=O)c1ccc(N2CCCC2=O)cc1. The summed E-state index contributed by atoms with van der Waals surface area (Å²) in [6, 6.07) is 15.1. The summed E-state index contributed by atoms with van der Waals surface area (Å²) in [4.78, 5) is 28.9. The van der Waals surface area contributed by atoms with E-state index in [1.54, 1.807) is 12.0 Å². The number of ether oxygens (including phenoxy) is 1. The molecule has 0 radical (unpaired) electrons. The molecule has 2 aliphatic rings. The summed E-state index contributed by atoms with van der Waals surface area (Å²) in [5, 5.41) is 3.38. The van der Waals surface area contributed by atoms with Crippen LogP contribution < -0.4 is 15.0 Å². The van der Waals surface area contributed by atoms with Gasteiger partial charge in [-0.3, -0.25) is 9.59 Å². The standard InChI is InChI=1S/C22H25N3O3/c1-28-20-6-3-2-5-18(20)19-15-23-12-14-25(19)22(27)16-8-10-17(11-9-16)24-13-4-7-21(24)26/h2-3,5-6,8-11,19,23H,4,7,12-15H2,1H3. The topological polar surface area (TPSA) is 61.9 Å². The zero-order chi connectivity index (χ0) is 19.5. The van der Waals surface area contributed by atoms with Crippen molar-refractivity contribution in [3.05, 3.63) is 59.7 Å². The molecule has 1 atom stereocenters. The quantitative estimate of drug-likeness (QED) is 0.887. The number of carbonyl (C=O) groups is 2. The summed E-state index contributed by atoms with van der Waals surface area (Å²) in [5.74, 6) is 0.936. The van der Waals surface area contributed by atoms with Crippen molar-refractivity contribution in [3.8, 4) is 5.75 Å². The zero-order valence-electron chi connectivity index (χ0n) is 16.1. The number of para-hydroxylation sites is 1. The van der Waals surface area contributed by atoms with Crippen molar-refractivity contribution in [1.29, 1.82) is 0 Å². The second kappa shape index (κ2) is 8.02. The first kappa shape index (κ1) is 18.5. The van der Waals surface area contributed by atoms with E-state index in [0.717, 1.165) is 36.5 Å². The molecule has 0 saturated carbocycles. The lowest BCUT2D eigenvalue weighted by molar-refractivity contribution is -0.117. The first-order valence-electron chi connectivity index (χ1n) is 9.74. The number of hydrogen-bond donors (Lipinski definition) is 1. The van der Waals surface area contributed by atoms with Crippen LogP contribution in [0.3, 0.4) is 0 Å². The van der Waals surface area contributed by atoms with Gasteiger partial charge < -0.3 is 19.9 Å². The molecule has 146 valence electrons. The van der Waals surface area contributed by atoms with Crippen LogP contribution in [0, 0.1) is 0 Å². The monoisotopic (exact) mass is 379 g/mol. The Balaban J connectivity index is 1.57. The number of anilines is 1. The summed E-state index contributed by atoms with van der Waals surface area (Å²) < 4.78 is 5.51. The molecule has 0 aliphatic carbocycles. The highest BCUT2D eigenvalue weighted by molar-refractivity contribution is 5.97. The van der Waals surface area contributed by atoms with Crippen LogP contribution >= 0.6 is 0 Å². The van der Waals surface area contributed by atoms with E-state index in [9.17, 15) is 9.59 Å². The summed E-state index contributed by atoms with van der Waals surface area (Å²) >= 11 is 0. The van der Waals surface area contributed by atoms with Crippen LogP contribution in [0.25, 0.3) is 0 Å². The summed E-state index contributed by atoms with van der Waals surface area (Å²) in [7, 11) is 1.65. The smallest absolute Gasteiger partial charge is 0.254 e. The number of benzene rings is 2. The lowest BCUT2D eigenvalue weighted by atomic mass is 10.0. The third kappa shape index (κ3) is 3.47. The van der Waals surface area contributed by atoms with Crippen molar-refractivity contribution < 1.29 is 14.3 Å². The van der Waals surface area contributed by atoms with Gasteiger partial charge in [0, 0.05) is 49.4 Å². The van der Waals surface area contributed by atoms with Gasteiger partial charge in [0.2, 0.25) is 5.91 Å². The highest BCUT2D eigenvalue weighted by Gasteiger charge is 2.30. The van der Waals surface area contributed by atoms with Crippen LogP contribution in [0.1, 0.15) is 34.8 Å². The second-order valence-corrected chi connectivity index (χ2v) is 7.16. The van der Waals surface area contributed by atoms with Gasteiger partial charge in [-0.15, -0.1) is 0 Å². The van der Waals surface area contributed by atoms with Crippen LogP contribution in [-0.4, -0.2) is 50.0 Å². The highest BCUT2D eigenvalue weighted by atomic mass is 16.5. The van der Waals surface area contributed by atoms with Gasteiger partial charge in [-0.1, -0.05) is 18.2 Å². The fourth-order valence-electron chi connectivity index (χ4n) is 4.04. The molecule has 6 heteroatoms. The van der Waals surface area contributed by atoms with Crippen molar-refractivity contribution in [2.45, 2.75) is 18.9 Å². The third-order valence-electron chi connectivity index (χ3n) is 5.50. The maximum absolute atomic E-state index is 13.3.